The number of fused-ring (bicyclic) bond motifs is 1. The lowest BCUT2D eigenvalue weighted by molar-refractivity contribution is 0.417. The quantitative estimate of drug-likeness (QED) is 0.391. The van der Waals surface area contributed by atoms with Gasteiger partial charge in [0.15, 0.2) is 29.0 Å². The van der Waals surface area contributed by atoms with Gasteiger partial charge >= 0.3 is 0 Å². The first kappa shape index (κ1) is 13.9. The van der Waals surface area contributed by atoms with Gasteiger partial charge in [-0.25, -0.2) is 17.6 Å². The molecule has 3 rings (SSSR count). The van der Waals surface area contributed by atoms with Crippen LogP contribution in [-0.4, -0.2) is 10.2 Å². The van der Waals surface area contributed by atoms with Crippen molar-refractivity contribution in [3.05, 3.63) is 59.3 Å². The van der Waals surface area contributed by atoms with Crippen molar-refractivity contribution in [3.8, 4) is 17.3 Å². The second-order valence-electron chi connectivity index (χ2n) is 4.38. The van der Waals surface area contributed by atoms with Crippen molar-refractivity contribution >= 4 is 10.8 Å². The van der Waals surface area contributed by atoms with Crippen molar-refractivity contribution in [3.63, 3.8) is 0 Å². The summed E-state index contributed by atoms with van der Waals surface area (Å²) in [4.78, 5) is 0. The van der Waals surface area contributed by atoms with Gasteiger partial charge in [0.05, 0.1) is 10.8 Å². The molecule has 0 fully saturated rings. The van der Waals surface area contributed by atoms with Gasteiger partial charge in [-0.2, -0.15) is 5.26 Å². The highest BCUT2D eigenvalue weighted by Crippen LogP contribution is 2.34. The maximum atomic E-state index is 14.1. The second-order valence-corrected chi connectivity index (χ2v) is 4.38. The highest BCUT2D eigenvalue weighted by molar-refractivity contribution is 5.97. The van der Waals surface area contributed by atoms with E-state index < -0.39 is 39.7 Å². The second kappa shape index (κ2) is 5.07. The maximum Gasteiger partial charge on any atom is 0.198 e. The molecule has 0 atom stereocenters. The van der Waals surface area contributed by atoms with E-state index in [-0.39, 0.29) is 5.69 Å². The third-order valence-corrected chi connectivity index (χ3v) is 3.14. The standard InChI is InChI=1S/C15H5F4N3/c16-11-9-8(6-20)21-22-15(7-4-2-1-3-5-7)10(9)12(17)14(19)13(11)18/h1-5H. The first-order chi connectivity index (χ1) is 10.6. The Morgan fingerprint density at radius 3 is 1.95 bits per heavy atom. The van der Waals surface area contributed by atoms with Gasteiger partial charge in [-0.3, -0.25) is 0 Å². The number of hydrogen-bond donors (Lipinski definition) is 0. The number of nitrogens with zero attached hydrogens (tertiary/aromatic N) is 3. The molecule has 3 aromatic rings. The molecular formula is C15H5F4N3. The van der Waals surface area contributed by atoms with Crippen LogP contribution in [0.2, 0.25) is 0 Å². The van der Waals surface area contributed by atoms with E-state index in [1.165, 1.54) is 18.2 Å². The van der Waals surface area contributed by atoms with E-state index in [0.29, 0.717) is 5.56 Å². The van der Waals surface area contributed by atoms with Gasteiger partial charge < -0.3 is 0 Å². The fraction of sp³-hybridized carbons (Fsp3) is 0. The van der Waals surface area contributed by atoms with Crippen LogP contribution < -0.4 is 0 Å². The molecule has 0 spiro atoms. The van der Waals surface area contributed by atoms with Gasteiger partial charge in [-0.15, -0.1) is 10.2 Å². The number of halogens is 4. The predicted molar refractivity (Wildman–Crippen MR) is 69.5 cm³/mol. The predicted octanol–water partition coefficient (Wildman–Crippen LogP) is 3.72. The summed E-state index contributed by atoms with van der Waals surface area (Å²) in [5, 5.41) is 14.7. The van der Waals surface area contributed by atoms with E-state index in [0.717, 1.165) is 0 Å². The Morgan fingerprint density at radius 2 is 1.36 bits per heavy atom. The lowest BCUT2D eigenvalue weighted by Crippen LogP contribution is -2.04. The SMILES string of the molecule is N#Cc1nnc(-c2ccccc2)c2c(F)c(F)c(F)c(F)c12. The minimum Gasteiger partial charge on any atom is -0.203 e. The largest absolute Gasteiger partial charge is 0.203 e. The van der Waals surface area contributed by atoms with Crippen LogP contribution in [-0.2, 0) is 0 Å². The number of aromatic nitrogens is 2. The number of benzene rings is 2. The van der Waals surface area contributed by atoms with Crippen molar-refractivity contribution < 1.29 is 17.6 Å². The molecule has 1 aromatic heterocycles. The Labute approximate surface area is 121 Å². The van der Waals surface area contributed by atoms with Crippen LogP contribution >= 0.6 is 0 Å². The molecule has 0 aliphatic rings. The average molecular weight is 303 g/mol. The fourth-order valence-electron chi connectivity index (χ4n) is 2.15. The van der Waals surface area contributed by atoms with Crippen molar-refractivity contribution in [1.82, 2.24) is 10.2 Å². The molecule has 22 heavy (non-hydrogen) atoms. The summed E-state index contributed by atoms with van der Waals surface area (Å²) in [6.45, 7) is 0. The molecule has 1 heterocycles. The zero-order valence-electron chi connectivity index (χ0n) is 10.7. The number of nitriles is 1. The van der Waals surface area contributed by atoms with Gasteiger partial charge in [0.2, 0.25) is 0 Å². The first-order valence-electron chi connectivity index (χ1n) is 6.04. The molecule has 0 aliphatic carbocycles. The van der Waals surface area contributed by atoms with Gasteiger partial charge in [-0.05, 0) is 0 Å². The first-order valence-corrected chi connectivity index (χ1v) is 6.04. The molecule has 108 valence electrons. The van der Waals surface area contributed by atoms with Crippen LogP contribution in [0.25, 0.3) is 22.0 Å². The topological polar surface area (TPSA) is 49.6 Å². The van der Waals surface area contributed by atoms with Gasteiger partial charge in [-0.1, -0.05) is 30.3 Å². The van der Waals surface area contributed by atoms with Crippen molar-refractivity contribution in [2.75, 3.05) is 0 Å². The average Bonchev–Trinajstić information content (AvgIpc) is 2.57. The molecule has 0 unspecified atom stereocenters. The van der Waals surface area contributed by atoms with Crippen molar-refractivity contribution in [1.29, 1.82) is 5.26 Å². The molecular weight excluding hydrogens is 298 g/mol. The maximum absolute atomic E-state index is 14.1. The summed E-state index contributed by atoms with van der Waals surface area (Å²) in [6, 6.07) is 9.43. The molecule has 0 saturated heterocycles. The highest BCUT2D eigenvalue weighted by atomic mass is 19.2. The summed E-state index contributed by atoms with van der Waals surface area (Å²) in [6.07, 6.45) is 0. The van der Waals surface area contributed by atoms with Gasteiger partial charge in [0.25, 0.3) is 0 Å². The van der Waals surface area contributed by atoms with E-state index in [1.807, 2.05) is 0 Å². The van der Waals surface area contributed by atoms with Crippen LogP contribution in [0.15, 0.2) is 30.3 Å². The number of hydrogen-bond acceptors (Lipinski definition) is 3. The molecule has 3 nitrogen and oxygen atoms in total. The third-order valence-electron chi connectivity index (χ3n) is 3.14. The molecule has 0 bridgehead atoms. The Balaban J connectivity index is 2.56. The Kier molecular flexibility index (Phi) is 3.22. The summed E-state index contributed by atoms with van der Waals surface area (Å²) in [7, 11) is 0. The van der Waals surface area contributed by atoms with E-state index in [2.05, 4.69) is 10.2 Å². The Morgan fingerprint density at radius 1 is 0.773 bits per heavy atom. The molecule has 0 radical (unpaired) electrons. The molecule has 0 aliphatic heterocycles. The molecule has 7 heteroatoms. The Hall–Kier alpha value is -3.01. The zero-order valence-corrected chi connectivity index (χ0v) is 10.7. The van der Waals surface area contributed by atoms with Crippen LogP contribution in [0, 0.1) is 34.6 Å². The van der Waals surface area contributed by atoms with Gasteiger partial charge in [0, 0.05) is 5.56 Å². The lowest BCUT2D eigenvalue weighted by atomic mass is 10.0. The normalized spacial score (nSPS) is 10.7. The van der Waals surface area contributed by atoms with Crippen molar-refractivity contribution in [2.45, 2.75) is 0 Å². The van der Waals surface area contributed by atoms with Crippen LogP contribution in [0.4, 0.5) is 17.6 Å². The number of rotatable bonds is 1. The minimum atomic E-state index is -1.99. The van der Waals surface area contributed by atoms with Gasteiger partial charge in [0.1, 0.15) is 11.8 Å². The zero-order chi connectivity index (χ0) is 15.9. The minimum absolute atomic E-state index is 0.176. The Bertz CT molecular complexity index is 933. The van der Waals surface area contributed by atoms with Crippen LogP contribution in [0.1, 0.15) is 5.69 Å². The summed E-state index contributed by atoms with van der Waals surface area (Å²) >= 11 is 0. The lowest BCUT2D eigenvalue weighted by Gasteiger charge is -2.09. The molecule has 0 amide bonds. The smallest absolute Gasteiger partial charge is 0.198 e. The van der Waals surface area contributed by atoms with Crippen LogP contribution in [0.3, 0.4) is 0 Å². The monoisotopic (exact) mass is 303 g/mol. The molecule has 2 aromatic carbocycles. The van der Waals surface area contributed by atoms with E-state index >= 15 is 0 Å². The van der Waals surface area contributed by atoms with Crippen molar-refractivity contribution in [2.24, 2.45) is 0 Å². The summed E-state index contributed by atoms with van der Waals surface area (Å²) in [5.74, 6) is -7.23. The summed E-state index contributed by atoms with van der Waals surface area (Å²) in [5.41, 5.74) is -0.469. The van der Waals surface area contributed by atoms with Crippen LogP contribution in [0.5, 0.6) is 0 Å². The third kappa shape index (κ3) is 1.89. The molecule has 0 N–H and O–H groups in total. The van der Waals surface area contributed by atoms with E-state index in [1.54, 1.807) is 18.2 Å². The van der Waals surface area contributed by atoms with E-state index in [9.17, 15) is 17.6 Å². The molecule has 0 saturated carbocycles. The highest BCUT2D eigenvalue weighted by Gasteiger charge is 2.26. The summed E-state index contributed by atoms with van der Waals surface area (Å²) < 4.78 is 55.1. The van der Waals surface area contributed by atoms with E-state index in [4.69, 9.17) is 5.26 Å². The fourth-order valence-corrected chi connectivity index (χ4v) is 2.15.